The highest BCUT2D eigenvalue weighted by molar-refractivity contribution is 5.83. The maximum absolute atomic E-state index is 5.56. The van der Waals surface area contributed by atoms with Gasteiger partial charge in [0.15, 0.2) is 0 Å². The minimum atomic E-state index is -0.731. The minimum Gasteiger partial charge on any atom is -0.361 e. The Morgan fingerprint density at radius 1 is 1.17 bits per heavy atom. The fourth-order valence-corrected chi connectivity index (χ4v) is 2.27. The first-order valence-corrected chi connectivity index (χ1v) is 5.95. The predicted octanol–water partition coefficient (Wildman–Crippen LogP) is 2.22. The molecule has 2 aromatic rings. The second-order valence-corrected chi connectivity index (χ2v) is 4.55. The Hall–Kier alpha value is -1.36. The number of hydrogen-bond acceptors (Lipinski definition) is 3. The third-order valence-electron chi connectivity index (χ3n) is 3.41. The summed E-state index contributed by atoms with van der Waals surface area (Å²) in [5.41, 5.74) is 2.32. The molecule has 0 spiro atoms. The maximum Gasteiger partial charge on any atom is 0.233 e. The molecule has 0 aliphatic rings. The number of hydrogen-bond donors (Lipinski definition) is 1. The number of nitrogens with one attached hydrogen (secondary N) is 1. The van der Waals surface area contributed by atoms with E-state index in [1.54, 1.807) is 14.2 Å². The zero-order valence-corrected chi connectivity index (χ0v) is 11.4. The summed E-state index contributed by atoms with van der Waals surface area (Å²) in [7, 11) is 7.22. The molecule has 0 atom stereocenters. The van der Waals surface area contributed by atoms with E-state index in [0.717, 1.165) is 5.52 Å². The quantitative estimate of drug-likeness (QED) is 0.824. The van der Waals surface area contributed by atoms with E-state index in [9.17, 15) is 0 Å². The number of benzene rings is 1. The van der Waals surface area contributed by atoms with Gasteiger partial charge in [0.05, 0.1) is 0 Å². The van der Waals surface area contributed by atoms with Crippen molar-refractivity contribution in [3.05, 3.63) is 36.0 Å². The van der Waals surface area contributed by atoms with Gasteiger partial charge in [0, 0.05) is 37.7 Å². The van der Waals surface area contributed by atoms with Crippen LogP contribution < -0.4 is 0 Å². The number of nitrogens with zero attached hydrogens (tertiary/aromatic N) is 1. The highest BCUT2D eigenvalue weighted by Gasteiger charge is 2.33. The van der Waals surface area contributed by atoms with Crippen molar-refractivity contribution in [1.29, 1.82) is 0 Å². The lowest BCUT2D eigenvalue weighted by Crippen LogP contribution is -2.49. The van der Waals surface area contributed by atoms with Crippen LogP contribution in [0.2, 0.25) is 0 Å². The number of H-pyrrole nitrogens is 1. The summed E-state index contributed by atoms with van der Waals surface area (Å²) >= 11 is 0. The number of rotatable bonds is 5. The molecule has 0 saturated heterocycles. The first kappa shape index (κ1) is 13.1. The van der Waals surface area contributed by atoms with Gasteiger partial charge in [-0.05, 0) is 25.7 Å². The Bertz CT molecular complexity index is 515. The number of aromatic nitrogens is 1. The molecule has 1 aromatic carbocycles. The van der Waals surface area contributed by atoms with Crippen molar-refractivity contribution in [3.63, 3.8) is 0 Å². The predicted molar refractivity (Wildman–Crippen MR) is 72.4 cm³/mol. The smallest absolute Gasteiger partial charge is 0.233 e. The van der Waals surface area contributed by atoms with Crippen molar-refractivity contribution < 1.29 is 9.47 Å². The molecule has 1 heterocycles. The molecule has 4 nitrogen and oxygen atoms in total. The second kappa shape index (κ2) is 5.10. The van der Waals surface area contributed by atoms with Gasteiger partial charge in [-0.3, -0.25) is 4.90 Å². The molecular weight excluding hydrogens is 228 g/mol. The second-order valence-electron chi connectivity index (χ2n) is 4.55. The molecule has 0 radical (unpaired) electrons. The van der Waals surface area contributed by atoms with Gasteiger partial charge < -0.3 is 14.5 Å². The standard InChI is InChI=1S/C14H20N2O2/c1-16(2)14(17-3,18-4)9-11-10-15-13-8-6-5-7-12(11)13/h5-8,10,15H,9H2,1-4H3. The van der Waals surface area contributed by atoms with Gasteiger partial charge in [0.1, 0.15) is 0 Å². The SMILES string of the molecule is COC(Cc1c[nH]c2ccccc12)(OC)N(C)C. The first-order chi connectivity index (χ1) is 8.63. The topological polar surface area (TPSA) is 37.5 Å². The van der Waals surface area contributed by atoms with Gasteiger partial charge in [0.2, 0.25) is 5.91 Å². The largest absolute Gasteiger partial charge is 0.361 e. The van der Waals surface area contributed by atoms with Gasteiger partial charge in [-0.25, -0.2) is 0 Å². The molecular formula is C14H20N2O2. The van der Waals surface area contributed by atoms with Gasteiger partial charge in [-0.15, -0.1) is 0 Å². The summed E-state index contributed by atoms with van der Waals surface area (Å²) in [4.78, 5) is 5.21. The normalized spacial score (nSPS) is 12.5. The molecule has 0 bridgehead atoms. The lowest BCUT2D eigenvalue weighted by atomic mass is 10.1. The van der Waals surface area contributed by atoms with Gasteiger partial charge in [-0.2, -0.15) is 0 Å². The lowest BCUT2D eigenvalue weighted by molar-refractivity contribution is -0.281. The molecule has 4 heteroatoms. The Morgan fingerprint density at radius 2 is 1.83 bits per heavy atom. The van der Waals surface area contributed by atoms with Gasteiger partial charge in [-0.1, -0.05) is 18.2 Å². The molecule has 0 unspecified atom stereocenters. The Morgan fingerprint density at radius 3 is 2.44 bits per heavy atom. The van der Waals surface area contributed by atoms with E-state index < -0.39 is 5.91 Å². The van der Waals surface area contributed by atoms with E-state index in [1.807, 2.05) is 37.3 Å². The van der Waals surface area contributed by atoms with Crippen molar-refractivity contribution in [1.82, 2.24) is 9.88 Å². The highest BCUT2D eigenvalue weighted by atomic mass is 16.7. The lowest BCUT2D eigenvalue weighted by Gasteiger charge is -2.36. The van der Waals surface area contributed by atoms with E-state index in [2.05, 4.69) is 17.1 Å². The number of methoxy groups -OCH3 is 2. The fraction of sp³-hybridized carbons (Fsp3) is 0.429. The summed E-state index contributed by atoms with van der Waals surface area (Å²) in [6.45, 7) is 0. The molecule has 0 saturated carbocycles. The van der Waals surface area contributed by atoms with Crippen LogP contribution in [0.15, 0.2) is 30.5 Å². The molecule has 0 amide bonds. The number of fused-ring (bicyclic) bond motifs is 1. The van der Waals surface area contributed by atoms with E-state index >= 15 is 0 Å². The van der Waals surface area contributed by atoms with Crippen molar-refractivity contribution in [2.45, 2.75) is 12.3 Å². The van der Waals surface area contributed by atoms with Crippen molar-refractivity contribution in [3.8, 4) is 0 Å². The number of ether oxygens (including phenoxy) is 2. The zero-order chi connectivity index (χ0) is 13.2. The zero-order valence-electron chi connectivity index (χ0n) is 11.4. The average molecular weight is 248 g/mol. The summed E-state index contributed by atoms with van der Waals surface area (Å²) in [5, 5.41) is 1.21. The molecule has 0 aliphatic carbocycles. The molecule has 1 aromatic heterocycles. The number of aromatic amines is 1. The minimum absolute atomic E-state index is 0.664. The van der Waals surface area contributed by atoms with Gasteiger partial charge >= 0.3 is 0 Å². The van der Waals surface area contributed by atoms with E-state index in [1.165, 1.54) is 10.9 Å². The molecule has 98 valence electrons. The number of para-hydroxylation sites is 1. The van der Waals surface area contributed by atoms with E-state index in [-0.39, 0.29) is 0 Å². The maximum atomic E-state index is 5.56. The molecule has 18 heavy (non-hydrogen) atoms. The summed E-state index contributed by atoms with van der Waals surface area (Å²) < 4.78 is 11.1. The fourth-order valence-electron chi connectivity index (χ4n) is 2.27. The highest BCUT2D eigenvalue weighted by Crippen LogP contribution is 2.26. The van der Waals surface area contributed by atoms with Crippen molar-refractivity contribution >= 4 is 10.9 Å². The molecule has 2 rings (SSSR count). The van der Waals surface area contributed by atoms with E-state index in [4.69, 9.17) is 9.47 Å². The van der Waals surface area contributed by atoms with Crippen molar-refractivity contribution in [2.75, 3.05) is 28.3 Å². The summed E-state index contributed by atoms with van der Waals surface area (Å²) in [5.74, 6) is -0.731. The van der Waals surface area contributed by atoms with Crippen LogP contribution in [0.5, 0.6) is 0 Å². The first-order valence-electron chi connectivity index (χ1n) is 5.95. The third kappa shape index (κ3) is 2.14. The number of likely N-dealkylation sites (N-methyl/N-ethyl adjacent to an activating group) is 1. The van der Waals surface area contributed by atoms with Crippen LogP contribution in [-0.2, 0) is 15.9 Å². The van der Waals surface area contributed by atoms with Crippen LogP contribution in [0, 0.1) is 0 Å². The molecule has 0 aliphatic heterocycles. The van der Waals surface area contributed by atoms with Crippen LogP contribution in [0.4, 0.5) is 0 Å². The Kier molecular flexibility index (Phi) is 3.71. The van der Waals surface area contributed by atoms with Crippen LogP contribution in [0.1, 0.15) is 5.56 Å². The molecule has 0 fully saturated rings. The van der Waals surface area contributed by atoms with Crippen LogP contribution in [-0.4, -0.2) is 44.1 Å². The van der Waals surface area contributed by atoms with Gasteiger partial charge in [0.25, 0.3) is 0 Å². The summed E-state index contributed by atoms with van der Waals surface area (Å²) in [6.07, 6.45) is 2.68. The van der Waals surface area contributed by atoms with Crippen LogP contribution in [0.25, 0.3) is 10.9 Å². The van der Waals surface area contributed by atoms with Crippen LogP contribution in [0.3, 0.4) is 0 Å². The summed E-state index contributed by atoms with van der Waals surface area (Å²) in [6, 6.07) is 8.23. The van der Waals surface area contributed by atoms with Crippen LogP contribution >= 0.6 is 0 Å². The Labute approximate surface area is 107 Å². The Balaban J connectivity index is 2.37. The third-order valence-corrected chi connectivity index (χ3v) is 3.41. The monoisotopic (exact) mass is 248 g/mol. The van der Waals surface area contributed by atoms with E-state index in [0.29, 0.717) is 6.42 Å². The van der Waals surface area contributed by atoms with Crippen molar-refractivity contribution in [2.24, 2.45) is 0 Å². The molecule has 1 N–H and O–H groups in total. The average Bonchev–Trinajstić information content (AvgIpc) is 2.79.